The molecule has 0 amide bonds. The quantitative estimate of drug-likeness (QED) is 0.161. The number of halogens is 3. The van der Waals surface area contributed by atoms with Crippen molar-refractivity contribution >= 4 is 114 Å². The minimum absolute atomic E-state index is 0.0941. The molecule has 0 aliphatic carbocycles. The standard InChI is InChI=1S/C61H51B2F3N2OS/c1-58(2,3)34-26-29-46-41(31-34)62-40-20-12-15-24-50(40)70-57-52(38-18-16-23-49-51(38)37-17-10-14-22-48(37)69-49)55-53-56(54(57)62)68(46)47-30-27-36(60(7,8)9)33-43(47)63(53)42-32-35(59(4,5)6)25-28-45(42)67(55)44-21-13-11-19-39(44)61(64,65)66/h10-33H,1-9H3. The molecule has 0 radical (unpaired) electrons. The van der Waals surface area contributed by atoms with Crippen LogP contribution >= 0.6 is 11.8 Å². The summed E-state index contributed by atoms with van der Waals surface area (Å²) in [6.07, 6.45) is -4.65. The van der Waals surface area contributed by atoms with Gasteiger partial charge in [0.2, 0.25) is 6.71 Å². The van der Waals surface area contributed by atoms with E-state index in [1.54, 1.807) is 23.9 Å². The Morgan fingerprint density at radius 2 is 0.986 bits per heavy atom. The number of rotatable bonds is 2. The van der Waals surface area contributed by atoms with Gasteiger partial charge >= 0.3 is 6.18 Å². The van der Waals surface area contributed by atoms with Gasteiger partial charge in [-0.05, 0) is 114 Å². The van der Waals surface area contributed by atoms with E-state index in [1.165, 1.54) is 39.6 Å². The Balaban J connectivity index is 1.30. The Kier molecular flexibility index (Phi) is 9.01. The highest BCUT2D eigenvalue weighted by Gasteiger charge is 2.53. The Hall–Kier alpha value is -6.57. The van der Waals surface area contributed by atoms with E-state index in [0.29, 0.717) is 0 Å². The molecule has 9 aromatic rings. The summed E-state index contributed by atoms with van der Waals surface area (Å²) >= 11 is 1.75. The predicted octanol–water partition coefficient (Wildman–Crippen LogP) is 13.5. The molecule has 4 aliphatic rings. The molecule has 5 heterocycles. The van der Waals surface area contributed by atoms with Gasteiger partial charge < -0.3 is 14.2 Å². The smallest absolute Gasteiger partial charge is 0.418 e. The molecule has 0 N–H and O–H groups in total. The van der Waals surface area contributed by atoms with Crippen molar-refractivity contribution in [1.29, 1.82) is 0 Å². The van der Waals surface area contributed by atoms with E-state index in [2.05, 4.69) is 158 Å². The molecule has 8 aromatic carbocycles. The normalized spacial score (nSPS) is 14.7. The van der Waals surface area contributed by atoms with Crippen LogP contribution < -0.4 is 42.6 Å². The van der Waals surface area contributed by atoms with Crippen LogP contribution in [0.15, 0.2) is 160 Å². The first-order chi connectivity index (χ1) is 33.3. The van der Waals surface area contributed by atoms with Crippen LogP contribution in [-0.2, 0) is 22.4 Å². The lowest BCUT2D eigenvalue weighted by molar-refractivity contribution is -0.137. The van der Waals surface area contributed by atoms with Crippen molar-refractivity contribution in [3.63, 3.8) is 0 Å². The van der Waals surface area contributed by atoms with Gasteiger partial charge in [-0.3, -0.25) is 0 Å². The van der Waals surface area contributed by atoms with Crippen molar-refractivity contribution in [2.24, 2.45) is 0 Å². The van der Waals surface area contributed by atoms with Crippen LogP contribution in [0.5, 0.6) is 0 Å². The number of nitrogens with zero attached hydrogens (tertiary/aromatic N) is 2. The number of hydrogen-bond acceptors (Lipinski definition) is 4. The van der Waals surface area contributed by atoms with E-state index in [-0.39, 0.29) is 35.4 Å². The fraction of sp³-hybridized carbons (Fsp3) is 0.213. The number of benzene rings is 8. The second kappa shape index (κ2) is 14.5. The minimum atomic E-state index is -4.65. The maximum Gasteiger partial charge on any atom is 0.418 e. The zero-order valence-corrected chi connectivity index (χ0v) is 41.7. The number of para-hydroxylation sites is 2. The fourth-order valence-corrected chi connectivity index (χ4v) is 13.3. The van der Waals surface area contributed by atoms with Crippen molar-refractivity contribution < 1.29 is 17.6 Å². The van der Waals surface area contributed by atoms with Gasteiger partial charge in [-0.15, -0.1) is 0 Å². The fourth-order valence-electron chi connectivity index (χ4n) is 12.0. The summed E-state index contributed by atoms with van der Waals surface area (Å²) in [6.45, 7) is 19.7. The number of hydrogen-bond donors (Lipinski definition) is 0. The SMILES string of the molecule is CC(C)(C)c1ccc2c(c1)B1c3ccccc3Sc3c1c1c4c(c3-c3cccc5oc6ccccc6c35)N(c3ccccc3C(F)(F)F)c3ccc(C(C)(C)C)cc3B4c3cc(C(C)(C)C)ccc3N21. The predicted molar refractivity (Wildman–Crippen MR) is 290 cm³/mol. The van der Waals surface area contributed by atoms with Gasteiger partial charge in [0, 0.05) is 48.9 Å². The molecule has 0 bridgehead atoms. The zero-order chi connectivity index (χ0) is 48.6. The molecule has 344 valence electrons. The summed E-state index contributed by atoms with van der Waals surface area (Å²) in [5.74, 6) is 0. The topological polar surface area (TPSA) is 19.6 Å². The summed E-state index contributed by atoms with van der Waals surface area (Å²) in [7, 11) is 0. The van der Waals surface area contributed by atoms with Crippen molar-refractivity contribution in [2.45, 2.75) is 94.5 Å². The average molecular weight is 939 g/mol. The maximum absolute atomic E-state index is 15.9. The summed E-state index contributed by atoms with van der Waals surface area (Å²) in [5.41, 5.74) is 17.3. The summed E-state index contributed by atoms with van der Waals surface area (Å²) in [4.78, 5) is 6.67. The second-order valence-corrected chi connectivity index (χ2v) is 23.8. The van der Waals surface area contributed by atoms with Gasteiger partial charge in [-0.25, -0.2) is 0 Å². The highest BCUT2D eigenvalue weighted by atomic mass is 32.2. The Morgan fingerprint density at radius 1 is 0.471 bits per heavy atom. The molecule has 1 aromatic heterocycles. The van der Waals surface area contributed by atoms with E-state index in [0.717, 1.165) is 93.2 Å². The Morgan fingerprint density at radius 3 is 1.59 bits per heavy atom. The Labute approximate surface area is 412 Å². The van der Waals surface area contributed by atoms with Gasteiger partial charge in [0.1, 0.15) is 11.2 Å². The number of fused-ring (bicyclic) bond motifs is 13. The third-order valence-corrected chi connectivity index (χ3v) is 16.6. The summed E-state index contributed by atoms with van der Waals surface area (Å²) < 4.78 is 54.4. The molecule has 0 fully saturated rings. The molecule has 4 aliphatic heterocycles. The molecule has 0 saturated heterocycles. The van der Waals surface area contributed by atoms with Gasteiger partial charge in [0.05, 0.1) is 16.9 Å². The van der Waals surface area contributed by atoms with Crippen LogP contribution in [0.4, 0.5) is 47.3 Å². The molecule has 9 heteroatoms. The van der Waals surface area contributed by atoms with E-state index < -0.39 is 11.7 Å². The average Bonchev–Trinajstić information content (AvgIpc) is 3.71. The lowest BCUT2D eigenvalue weighted by Gasteiger charge is -2.51. The molecule has 13 rings (SSSR count). The highest BCUT2D eigenvalue weighted by molar-refractivity contribution is 8.00. The van der Waals surface area contributed by atoms with Crippen LogP contribution in [-0.4, -0.2) is 13.4 Å². The van der Waals surface area contributed by atoms with E-state index in [1.807, 2.05) is 35.2 Å². The molecule has 0 saturated carbocycles. The largest absolute Gasteiger partial charge is 0.456 e. The first-order valence-corrected chi connectivity index (χ1v) is 25.2. The van der Waals surface area contributed by atoms with Crippen LogP contribution in [0.1, 0.15) is 84.6 Å². The van der Waals surface area contributed by atoms with Gasteiger partial charge in [0.25, 0.3) is 6.71 Å². The monoisotopic (exact) mass is 938 g/mol. The number of alkyl halides is 3. The lowest BCUT2D eigenvalue weighted by Crippen LogP contribution is -2.68. The lowest BCUT2D eigenvalue weighted by atomic mass is 9.29. The van der Waals surface area contributed by atoms with Crippen molar-refractivity contribution in [2.75, 3.05) is 9.80 Å². The molecule has 70 heavy (non-hydrogen) atoms. The first-order valence-electron chi connectivity index (χ1n) is 24.4. The zero-order valence-electron chi connectivity index (χ0n) is 40.9. The van der Waals surface area contributed by atoms with Gasteiger partial charge in [-0.1, -0.05) is 177 Å². The molecular formula is C61H51B2F3N2OS. The van der Waals surface area contributed by atoms with Crippen molar-refractivity contribution in [3.8, 4) is 11.1 Å². The first kappa shape index (κ1) is 43.5. The van der Waals surface area contributed by atoms with Crippen LogP contribution in [0, 0.1) is 0 Å². The molecule has 0 unspecified atom stereocenters. The van der Waals surface area contributed by atoms with Crippen LogP contribution in [0.25, 0.3) is 33.1 Å². The van der Waals surface area contributed by atoms with E-state index in [9.17, 15) is 0 Å². The van der Waals surface area contributed by atoms with Crippen LogP contribution in [0.3, 0.4) is 0 Å². The second-order valence-electron chi connectivity index (χ2n) is 22.8. The van der Waals surface area contributed by atoms with Crippen molar-refractivity contribution in [1.82, 2.24) is 0 Å². The van der Waals surface area contributed by atoms with Crippen LogP contribution in [0.2, 0.25) is 0 Å². The number of furan rings is 1. The van der Waals surface area contributed by atoms with Gasteiger partial charge in [0.15, 0.2) is 0 Å². The number of anilines is 6. The summed E-state index contributed by atoms with van der Waals surface area (Å²) in [5, 5.41) is 1.90. The molecular weight excluding hydrogens is 887 g/mol. The minimum Gasteiger partial charge on any atom is -0.456 e. The third-order valence-electron chi connectivity index (χ3n) is 15.4. The molecule has 0 atom stereocenters. The summed E-state index contributed by atoms with van der Waals surface area (Å²) in [6, 6.07) is 49.9. The highest BCUT2D eigenvalue weighted by Crippen LogP contribution is 2.56. The van der Waals surface area contributed by atoms with Gasteiger partial charge in [-0.2, -0.15) is 13.2 Å². The molecule has 0 spiro atoms. The molecule has 3 nitrogen and oxygen atoms in total. The van der Waals surface area contributed by atoms with Crippen molar-refractivity contribution in [3.05, 3.63) is 168 Å². The Bertz CT molecular complexity index is 3740. The van der Waals surface area contributed by atoms with E-state index >= 15 is 13.2 Å². The third kappa shape index (κ3) is 6.12. The maximum atomic E-state index is 15.9. The van der Waals surface area contributed by atoms with E-state index in [4.69, 9.17) is 4.42 Å².